The lowest BCUT2D eigenvalue weighted by Gasteiger charge is -2.18. The van der Waals surface area contributed by atoms with Crippen LogP contribution < -0.4 is 5.69 Å². The number of carbonyl (C=O) groups is 1. The van der Waals surface area contributed by atoms with Gasteiger partial charge in [0, 0.05) is 19.6 Å². The zero-order chi connectivity index (χ0) is 16.4. The van der Waals surface area contributed by atoms with Crippen molar-refractivity contribution in [3.8, 4) is 0 Å². The molecule has 122 valence electrons. The van der Waals surface area contributed by atoms with E-state index in [4.69, 9.17) is 0 Å². The highest BCUT2D eigenvalue weighted by molar-refractivity contribution is 7.99. The van der Waals surface area contributed by atoms with E-state index in [1.54, 1.807) is 16.5 Å². The lowest BCUT2D eigenvalue weighted by Crippen LogP contribution is -2.28. The Kier molecular flexibility index (Phi) is 4.56. The predicted molar refractivity (Wildman–Crippen MR) is 89.5 cm³/mol. The minimum atomic E-state index is -0.185. The third kappa shape index (κ3) is 3.67. The van der Waals surface area contributed by atoms with Gasteiger partial charge >= 0.3 is 5.69 Å². The summed E-state index contributed by atoms with van der Waals surface area (Å²) >= 11 is 1.32. The number of hydrogen-bond acceptors (Lipinski definition) is 4. The van der Waals surface area contributed by atoms with Crippen molar-refractivity contribution >= 4 is 17.7 Å². The Hall–Kier alpha value is -2.02. The van der Waals surface area contributed by atoms with Crippen LogP contribution in [0.3, 0.4) is 0 Å². The summed E-state index contributed by atoms with van der Waals surface area (Å²) in [4.78, 5) is 25.7. The van der Waals surface area contributed by atoms with Crippen LogP contribution in [0.5, 0.6) is 0 Å². The highest BCUT2D eigenvalue weighted by Gasteiger charge is 2.28. The number of H-pyrrole nitrogens is 1. The molecule has 6 nitrogen and oxygen atoms in total. The van der Waals surface area contributed by atoms with Crippen LogP contribution >= 0.6 is 11.8 Å². The van der Waals surface area contributed by atoms with Crippen molar-refractivity contribution in [3.05, 3.63) is 45.9 Å². The first-order valence-electron chi connectivity index (χ1n) is 7.64. The Labute approximate surface area is 138 Å². The van der Waals surface area contributed by atoms with Gasteiger partial charge in [-0.1, -0.05) is 36.0 Å². The molecule has 0 atom stereocenters. The summed E-state index contributed by atoms with van der Waals surface area (Å²) < 4.78 is 1.67. The van der Waals surface area contributed by atoms with Crippen molar-refractivity contribution < 1.29 is 4.79 Å². The van der Waals surface area contributed by atoms with E-state index >= 15 is 0 Å². The lowest BCUT2D eigenvalue weighted by atomic mass is 10.1. The molecule has 0 saturated heterocycles. The molecule has 0 aliphatic heterocycles. The quantitative estimate of drug-likeness (QED) is 0.821. The number of nitrogens with one attached hydrogen (secondary N) is 1. The first kappa shape index (κ1) is 15.9. The number of nitrogens with zero attached hydrogens (tertiary/aromatic N) is 3. The SMILES string of the molecule is Cc1ccccc1CN(C)C(=O)CSc1n[nH]c(=O)n1C1CC1. The van der Waals surface area contributed by atoms with Gasteiger partial charge in [0.05, 0.1) is 5.75 Å². The molecule has 1 aliphatic carbocycles. The summed E-state index contributed by atoms with van der Waals surface area (Å²) in [6.45, 7) is 2.63. The van der Waals surface area contributed by atoms with Crippen LogP contribution in [0, 0.1) is 6.92 Å². The number of hydrogen-bond donors (Lipinski definition) is 1. The van der Waals surface area contributed by atoms with Crippen molar-refractivity contribution in [2.24, 2.45) is 0 Å². The van der Waals surface area contributed by atoms with Gasteiger partial charge in [-0.3, -0.25) is 9.36 Å². The number of amides is 1. The number of rotatable bonds is 6. The molecule has 7 heteroatoms. The maximum atomic E-state index is 12.3. The summed E-state index contributed by atoms with van der Waals surface area (Å²) in [5, 5.41) is 7.10. The molecule has 3 rings (SSSR count). The van der Waals surface area contributed by atoms with Gasteiger partial charge in [-0.2, -0.15) is 0 Å². The minimum absolute atomic E-state index is 0.0241. The van der Waals surface area contributed by atoms with Crippen molar-refractivity contribution in [1.82, 2.24) is 19.7 Å². The molecular weight excluding hydrogens is 312 g/mol. The van der Waals surface area contributed by atoms with E-state index in [2.05, 4.69) is 10.2 Å². The van der Waals surface area contributed by atoms with Gasteiger partial charge in [-0.25, -0.2) is 9.89 Å². The van der Waals surface area contributed by atoms with E-state index in [-0.39, 0.29) is 23.4 Å². The predicted octanol–water partition coefficient (Wildman–Crippen LogP) is 1.97. The number of aromatic amines is 1. The second kappa shape index (κ2) is 6.62. The average molecular weight is 332 g/mol. The van der Waals surface area contributed by atoms with E-state index in [0.717, 1.165) is 18.4 Å². The summed E-state index contributed by atoms with van der Waals surface area (Å²) in [5.41, 5.74) is 2.13. The standard InChI is InChI=1S/C16H20N4O2S/c1-11-5-3-4-6-12(11)9-19(2)14(21)10-23-16-18-17-15(22)20(16)13-7-8-13/h3-6,13H,7-10H2,1-2H3,(H,17,22). The summed E-state index contributed by atoms with van der Waals surface area (Å²) in [6, 6.07) is 8.30. The van der Waals surface area contributed by atoms with Crippen LogP contribution in [0.15, 0.2) is 34.2 Å². The number of carbonyl (C=O) groups excluding carboxylic acids is 1. The number of aromatic nitrogens is 3. The van der Waals surface area contributed by atoms with Gasteiger partial charge in [0.2, 0.25) is 5.91 Å². The molecule has 1 heterocycles. The molecule has 0 spiro atoms. The first-order valence-corrected chi connectivity index (χ1v) is 8.63. The van der Waals surface area contributed by atoms with Crippen LogP contribution in [-0.2, 0) is 11.3 Å². The maximum Gasteiger partial charge on any atom is 0.344 e. The van der Waals surface area contributed by atoms with Crippen LogP contribution in [0.25, 0.3) is 0 Å². The van der Waals surface area contributed by atoms with Crippen molar-refractivity contribution in [2.45, 2.75) is 37.5 Å². The average Bonchev–Trinajstić information content (AvgIpc) is 3.30. The normalized spacial score (nSPS) is 14.0. The number of thioether (sulfide) groups is 1. The molecule has 23 heavy (non-hydrogen) atoms. The van der Waals surface area contributed by atoms with Crippen LogP contribution in [0.4, 0.5) is 0 Å². The van der Waals surface area contributed by atoms with Crippen molar-refractivity contribution in [1.29, 1.82) is 0 Å². The number of benzene rings is 1. The smallest absolute Gasteiger partial charge is 0.341 e. The Bertz CT molecular complexity index is 763. The fraction of sp³-hybridized carbons (Fsp3) is 0.438. The molecule has 1 amide bonds. The maximum absolute atomic E-state index is 12.3. The van der Waals surface area contributed by atoms with Gasteiger partial charge in [-0.05, 0) is 30.9 Å². The fourth-order valence-electron chi connectivity index (χ4n) is 2.41. The third-order valence-electron chi connectivity index (χ3n) is 4.00. The molecule has 1 N–H and O–H groups in total. The van der Waals surface area contributed by atoms with Crippen LogP contribution in [0.1, 0.15) is 30.0 Å². The lowest BCUT2D eigenvalue weighted by molar-refractivity contribution is -0.127. The molecule has 0 radical (unpaired) electrons. The van der Waals surface area contributed by atoms with Gasteiger partial charge in [-0.15, -0.1) is 5.10 Å². The topological polar surface area (TPSA) is 71.0 Å². The highest BCUT2D eigenvalue weighted by Crippen LogP contribution is 2.36. The van der Waals surface area contributed by atoms with Gasteiger partial charge < -0.3 is 4.90 Å². The molecule has 0 unspecified atom stereocenters. The number of aryl methyl sites for hydroxylation is 1. The monoisotopic (exact) mass is 332 g/mol. The molecule has 1 aromatic carbocycles. The van der Waals surface area contributed by atoms with Crippen LogP contribution in [-0.4, -0.2) is 38.4 Å². The Morgan fingerprint density at radius 2 is 2.17 bits per heavy atom. The van der Waals surface area contributed by atoms with Gasteiger partial charge in [0.25, 0.3) is 0 Å². The van der Waals surface area contributed by atoms with Gasteiger partial charge in [0.15, 0.2) is 5.16 Å². The zero-order valence-corrected chi connectivity index (χ0v) is 14.1. The molecule has 1 saturated carbocycles. The summed E-state index contributed by atoms with van der Waals surface area (Å²) in [7, 11) is 1.80. The minimum Gasteiger partial charge on any atom is -0.341 e. The van der Waals surface area contributed by atoms with Crippen molar-refractivity contribution in [2.75, 3.05) is 12.8 Å². The molecular formula is C16H20N4O2S. The molecule has 0 bridgehead atoms. The van der Waals surface area contributed by atoms with Gasteiger partial charge in [0.1, 0.15) is 0 Å². The first-order chi connectivity index (χ1) is 11.1. The van der Waals surface area contributed by atoms with E-state index in [9.17, 15) is 9.59 Å². The largest absolute Gasteiger partial charge is 0.344 e. The van der Waals surface area contributed by atoms with E-state index < -0.39 is 0 Å². The summed E-state index contributed by atoms with van der Waals surface area (Å²) in [5.74, 6) is 0.301. The van der Waals surface area contributed by atoms with E-state index in [1.807, 2.05) is 31.2 Å². The molecule has 2 aromatic rings. The Morgan fingerprint density at radius 3 is 2.87 bits per heavy atom. The summed E-state index contributed by atoms with van der Waals surface area (Å²) in [6.07, 6.45) is 2.02. The molecule has 1 fully saturated rings. The zero-order valence-electron chi connectivity index (χ0n) is 13.3. The van der Waals surface area contributed by atoms with E-state index in [0.29, 0.717) is 11.7 Å². The van der Waals surface area contributed by atoms with Crippen LogP contribution in [0.2, 0.25) is 0 Å². The molecule has 1 aromatic heterocycles. The van der Waals surface area contributed by atoms with Crippen molar-refractivity contribution in [3.63, 3.8) is 0 Å². The van der Waals surface area contributed by atoms with E-state index in [1.165, 1.54) is 17.3 Å². The fourth-order valence-corrected chi connectivity index (χ4v) is 3.37. The Morgan fingerprint density at radius 1 is 1.43 bits per heavy atom. The Balaban J connectivity index is 1.59. The second-order valence-corrected chi connectivity index (χ2v) is 6.82. The third-order valence-corrected chi connectivity index (χ3v) is 4.94. The molecule has 1 aliphatic rings. The highest BCUT2D eigenvalue weighted by atomic mass is 32.2. The second-order valence-electron chi connectivity index (χ2n) is 5.88.